The summed E-state index contributed by atoms with van der Waals surface area (Å²) in [5.74, 6) is -1.53. The van der Waals surface area contributed by atoms with Gasteiger partial charge in [-0.2, -0.15) is 5.10 Å². The molecular formula is C32H32FN5O3. The van der Waals surface area contributed by atoms with Crippen LogP contribution in [0.5, 0.6) is 0 Å². The maximum Gasteiger partial charge on any atom is 0.308 e. The zero-order chi connectivity index (χ0) is 28.4. The number of aromatic nitrogens is 3. The number of carboxylic acids is 1. The summed E-state index contributed by atoms with van der Waals surface area (Å²) in [7, 11) is 0. The summed E-state index contributed by atoms with van der Waals surface area (Å²) in [6, 6.07) is 16.6. The number of hydrogen-bond donors (Lipinski definition) is 1. The molecule has 4 heterocycles. The third-order valence-electron chi connectivity index (χ3n) is 9.16. The van der Waals surface area contributed by atoms with Gasteiger partial charge >= 0.3 is 5.97 Å². The standard InChI is InChI=1S/C32H32FN5O3/c1-18-23-6-4-3-5-20(23)11-13-37(18)31(39)28-16-29(21-7-8-21)38-30(34-28)17-27(35-38)25-10-9-22(15-26(25)33)36-14-12-24(19(36)2)32(40)41/h3-6,9-10,15-19,21,24H,7-8,11-14H2,1-2H3,(H,40,41)/t18-,19?,24?/m1/s1. The Hall–Kier alpha value is -4.27. The Kier molecular flexibility index (Phi) is 6.06. The van der Waals surface area contributed by atoms with Gasteiger partial charge in [-0.25, -0.2) is 13.9 Å². The Labute approximate surface area is 237 Å². The van der Waals surface area contributed by atoms with Crippen molar-refractivity contribution in [1.82, 2.24) is 19.5 Å². The van der Waals surface area contributed by atoms with Crippen LogP contribution in [0.1, 0.15) is 72.4 Å². The van der Waals surface area contributed by atoms with E-state index >= 15 is 4.39 Å². The summed E-state index contributed by atoms with van der Waals surface area (Å²) in [5.41, 5.74) is 5.75. The number of rotatable bonds is 5. The summed E-state index contributed by atoms with van der Waals surface area (Å²) in [4.78, 5) is 33.9. The van der Waals surface area contributed by atoms with E-state index in [4.69, 9.17) is 10.1 Å². The maximum atomic E-state index is 15.5. The van der Waals surface area contributed by atoms with Gasteiger partial charge in [0.1, 0.15) is 11.5 Å². The number of benzene rings is 2. The minimum Gasteiger partial charge on any atom is -0.481 e. The highest BCUT2D eigenvalue weighted by Crippen LogP contribution is 2.41. The van der Waals surface area contributed by atoms with Gasteiger partial charge in [0.25, 0.3) is 5.91 Å². The summed E-state index contributed by atoms with van der Waals surface area (Å²) in [5, 5.41) is 14.2. The summed E-state index contributed by atoms with van der Waals surface area (Å²) >= 11 is 0. The first kappa shape index (κ1) is 25.7. The first-order valence-corrected chi connectivity index (χ1v) is 14.4. The highest BCUT2D eigenvalue weighted by molar-refractivity contribution is 5.93. The molecule has 3 atom stereocenters. The second-order valence-corrected chi connectivity index (χ2v) is 11.6. The lowest BCUT2D eigenvalue weighted by molar-refractivity contribution is -0.141. The fourth-order valence-corrected chi connectivity index (χ4v) is 6.63. The largest absolute Gasteiger partial charge is 0.481 e. The molecule has 1 saturated carbocycles. The monoisotopic (exact) mass is 553 g/mol. The van der Waals surface area contributed by atoms with Crippen LogP contribution in [0, 0.1) is 11.7 Å². The third-order valence-corrected chi connectivity index (χ3v) is 9.16. The molecular weight excluding hydrogens is 521 g/mol. The zero-order valence-corrected chi connectivity index (χ0v) is 23.1. The molecule has 2 aromatic heterocycles. The van der Waals surface area contributed by atoms with Gasteiger partial charge in [-0.3, -0.25) is 9.59 Å². The fourth-order valence-electron chi connectivity index (χ4n) is 6.63. The Bertz CT molecular complexity index is 1700. The van der Waals surface area contributed by atoms with Gasteiger partial charge in [-0.1, -0.05) is 24.3 Å². The topological polar surface area (TPSA) is 91.0 Å². The molecule has 2 unspecified atom stereocenters. The van der Waals surface area contributed by atoms with E-state index in [2.05, 4.69) is 19.1 Å². The van der Waals surface area contributed by atoms with Crippen molar-refractivity contribution < 1.29 is 19.1 Å². The number of aliphatic carboxylic acids is 1. The van der Waals surface area contributed by atoms with Crippen LogP contribution in [0.25, 0.3) is 16.9 Å². The normalized spacial score (nSPS) is 22.3. The predicted molar refractivity (Wildman–Crippen MR) is 153 cm³/mol. The fraction of sp³-hybridized carbons (Fsp3) is 0.375. The molecule has 7 rings (SSSR count). The van der Waals surface area contributed by atoms with Gasteiger partial charge < -0.3 is 14.9 Å². The highest BCUT2D eigenvalue weighted by Gasteiger charge is 2.36. The molecule has 3 aliphatic rings. The van der Waals surface area contributed by atoms with Crippen LogP contribution >= 0.6 is 0 Å². The van der Waals surface area contributed by atoms with Crippen molar-refractivity contribution in [3.05, 3.63) is 82.9 Å². The molecule has 1 amide bonds. The zero-order valence-electron chi connectivity index (χ0n) is 23.1. The van der Waals surface area contributed by atoms with E-state index in [9.17, 15) is 14.7 Å². The lowest BCUT2D eigenvalue weighted by atomic mass is 9.93. The van der Waals surface area contributed by atoms with Gasteiger partial charge in [0, 0.05) is 48.1 Å². The van der Waals surface area contributed by atoms with Crippen LogP contribution in [-0.2, 0) is 11.2 Å². The Balaban J connectivity index is 1.21. The van der Waals surface area contributed by atoms with Crippen molar-refractivity contribution in [3.63, 3.8) is 0 Å². The second-order valence-electron chi connectivity index (χ2n) is 11.6. The molecule has 0 spiro atoms. The van der Waals surface area contributed by atoms with Crippen LogP contribution in [0.2, 0.25) is 0 Å². The smallest absolute Gasteiger partial charge is 0.308 e. The number of amides is 1. The SMILES string of the molecule is CC1C(C(=O)O)CCN1c1ccc(-c2cc3nc(C(=O)N4CCc5ccccc5[C@H]4C)cc(C4CC4)n3n2)c(F)c1. The molecule has 0 bridgehead atoms. The maximum absolute atomic E-state index is 15.5. The van der Waals surface area contributed by atoms with Crippen LogP contribution in [-0.4, -0.2) is 55.6 Å². The Morgan fingerprint density at radius 1 is 1.00 bits per heavy atom. The molecule has 8 nitrogen and oxygen atoms in total. The van der Waals surface area contributed by atoms with E-state index < -0.39 is 17.7 Å². The molecule has 2 fully saturated rings. The highest BCUT2D eigenvalue weighted by atomic mass is 19.1. The number of carboxylic acid groups (broad SMARTS) is 1. The van der Waals surface area contributed by atoms with Crippen LogP contribution in [0.15, 0.2) is 54.6 Å². The molecule has 9 heteroatoms. The first-order chi connectivity index (χ1) is 19.8. The lowest BCUT2D eigenvalue weighted by Gasteiger charge is -2.35. The number of hydrogen-bond acceptors (Lipinski definition) is 5. The number of carbonyl (C=O) groups excluding carboxylic acids is 1. The number of carbonyl (C=O) groups is 2. The van der Waals surface area contributed by atoms with Gasteiger partial charge in [0.15, 0.2) is 5.65 Å². The summed E-state index contributed by atoms with van der Waals surface area (Å²) < 4.78 is 17.3. The van der Waals surface area contributed by atoms with Crippen molar-refractivity contribution >= 4 is 23.2 Å². The van der Waals surface area contributed by atoms with E-state index in [0.717, 1.165) is 25.0 Å². The minimum atomic E-state index is -0.821. The van der Waals surface area contributed by atoms with E-state index in [1.807, 2.05) is 41.0 Å². The van der Waals surface area contributed by atoms with Gasteiger partial charge in [0.05, 0.1) is 17.7 Å². The molecule has 2 aliphatic heterocycles. The number of nitrogens with zero attached hydrogens (tertiary/aromatic N) is 5. The van der Waals surface area contributed by atoms with Gasteiger partial charge in [-0.15, -0.1) is 0 Å². The number of anilines is 1. The molecule has 1 aliphatic carbocycles. The van der Waals surface area contributed by atoms with Crippen molar-refractivity contribution in [1.29, 1.82) is 0 Å². The van der Waals surface area contributed by atoms with Gasteiger partial charge in [-0.05, 0) is 74.9 Å². The van der Waals surface area contributed by atoms with E-state index in [0.29, 0.717) is 53.7 Å². The molecule has 1 N–H and O–H groups in total. The predicted octanol–water partition coefficient (Wildman–Crippen LogP) is 5.47. The van der Waals surface area contributed by atoms with Crippen LogP contribution in [0.3, 0.4) is 0 Å². The first-order valence-electron chi connectivity index (χ1n) is 14.4. The van der Waals surface area contributed by atoms with E-state index in [1.165, 1.54) is 17.2 Å². The molecule has 1 saturated heterocycles. The Morgan fingerprint density at radius 3 is 2.54 bits per heavy atom. The van der Waals surface area contributed by atoms with Crippen molar-refractivity contribution in [2.24, 2.45) is 5.92 Å². The molecule has 0 radical (unpaired) electrons. The van der Waals surface area contributed by atoms with Gasteiger partial charge in [0.2, 0.25) is 0 Å². The number of fused-ring (bicyclic) bond motifs is 2. The summed E-state index contributed by atoms with van der Waals surface area (Å²) in [6.45, 7) is 5.13. The molecule has 2 aromatic carbocycles. The minimum absolute atomic E-state index is 0.0490. The molecule has 41 heavy (non-hydrogen) atoms. The average Bonchev–Trinajstić information content (AvgIpc) is 3.60. The van der Waals surface area contributed by atoms with E-state index in [-0.39, 0.29) is 18.0 Å². The second kappa shape index (κ2) is 9.68. The van der Waals surface area contributed by atoms with Crippen molar-refractivity contribution in [3.8, 4) is 11.3 Å². The summed E-state index contributed by atoms with van der Waals surface area (Å²) in [6.07, 6.45) is 3.38. The molecule has 4 aromatic rings. The quantitative estimate of drug-likeness (QED) is 0.352. The van der Waals surface area contributed by atoms with E-state index in [1.54, 1.807) is 16.6 Å². The Morgan fingerprint density at radius 2 is 1.80 bits per heavy atom. The van der Waals surface area contributed by atoms with Crippen LogP contribution in [0.4, 0.5) is 10.1 Å². The molecule has 210 valence electrons. The number of halogens is 1. The third kappa shape index (κ3) is 4.34. The average molecular weight is 554 g/mol. The van der Waals surface area contributed by atoms with Crippen molar-refractivity contribution in [2.45, 2.75) is 57.5 Å². The van der Waals surface area contributed by atoms with Crippen molar-refractivity contribution in [2.75, 3.05) is 18.0 Å². The lowest BCUT2D eigenvalue weighted by Crippen LogP contribution is -2.39. The van der Waals surface area contributed by atoms with Crippen LogP contribution < -0.4 is 4.90 Å².